The Kier molecular flexibility index (Phi) is 5.67. The highest BCUT2D eigenvalue weighted by molar-refractivity contribution is 5.88. The van der Waals surface area contributed by atoms with Crippen LogP contribution in [0.2, 0.25) is 0 Å². The highest BCUT2D eigenvalue weighted by Crippen LogP contribution is 2.40. The number of hydrogen-bond acceptors (Lipinski definition) is 9. The quantitative estimate of drug-likeness (QED) is 0.360. The van der Waals surface area contributed by atoms with Crippen molar-refractivity contribution in [2.24, 2.45) is 5.73 Å². The van der Waals surface area contributed by atoms with E-state index in [4.69, 9.17) is 11.5 Å². The van der Waals surface area contributed by atoms with Crippen molar-refractivity contribution in [2.75, 3.05) is 30.3 Å². The van der Waals surface area contributed by atoms with Gasteiger partial charge in [-0.3, -0.25) is 4.79 Å². The molecule has 12 nitrogen and oxygen atoms in total. The lowest BCUT2D eigenvalue weighted by atomic mass is 9.97. The van der Waals surface area contributed by atoms with Crippen LogP contribution >= 0.6 is 0 Å². The molecule has 0 unspecified atom stereocenters. The summed E-state index contributed by atoms with van der Waals surface area (Å²) in [5, 5.41) is 7.82. The zero-order valence-corrected chi connectivity index (χ0v) is 20.4. The number of nitrogens with zero attached hydrogens (tertiary/aromatic N) is 9. The molecule has 204 valence electrons. The van der Waals surface area contributed by atoms with E-state index >= 15 is 0 Å². The van der Waals surface area contributed by atoms with Crippen molar-refractivity contribution in [1.29, 1.82) is 0 Å². The molecule has 39 heavy (non-hydrogen) atoms. The van der Waals surface area contributed by atoms with Crippen molar-refractivity contribution >= 4 is 28.6 Å². The predicted octanol–water partition coefficient (Wildman–Crippen LogP) is 1.16. The summed E-state index contributed by atoms with van der Waals surface area (Å²) in [6, 6.07) is 2.06. The number of nitrogens with two attached hydrogens (primary N) is 2. The number of rotatable bonds is 4. The summed E-state index contributed by atoms with van der Waals surface area (Å²) in [6.45, 7) is 0.877. The van der Waals surface area contributed by atoms with Gasteiger partial charge >= 0.3 is 6.18 Å². The van der Waals surface area contributed by atoms with Gasteiger partial charge in [0.1, 0.15) is 23.2 Å². The van der Waals surface area contributed by atoms with Crippen LogP contribution in [0.15, 0.2) is 31.0 Å². The van der Waals surface area contributed by atoms with Crippen LogP contribution in [-0.4, -0.2) is 70.5 Å². The van der Waals surface area contributed by atoms with Crippen molar-refractivity contribution in [3.05, 3.63) is 53.6 Å². The second-order valence-electron chi connectivity index (χ2n) is 9.72. The van der Waals surface area contributed by atoms with Gasteiger partial charge in [0.25, 0.3) is 0 Å². The first kappa shape index (κ1) is 25.0. The molecule has 1 atom stereocenters. The van der Waals surface area contributed by atoms with E-state index in [1.54, 1.807) is 20.7 Å². The molecule has 0 spiro atoms. The average molecular weight is 546 g/mol. The Morgan fingerprint density at radius 1 is 1.13 bits per heavy atom. The summed E-state index contributed by atoms with van der Waals surface area (Å²) in [7, 11) is 0. The Bertz CT molecular complexity index is 1580. The van der Waals surface area contributed by atoms with Gasteiger partial charge in [0.05, 0.1) is 43.4 Å². The van der Waals surface area contributed by atoms with Crippen LogP contribution < -0.4 is 16.4 Å². The van der Waals surface area contributed by atoms with Gasteiger partial charge < -0.3 is 25.8 Å². The number of fused-ring (bicyclic) bond motifs is 2. The molecule has 5 heterocycles. The van der Waals surface area contributed by atoms with E-state index in [1.807, 2.05) is 0 Å². The highest BCUT2D eigenvalue weighted by atomic mass is 19.4. The number of carbonyl (C=O) groups is 1. The molecule has 0 bridgehead atoms. The van der Waals surface area contributed by atoms with Crippen LogP contribution in [0, 0.1) is 5.82 Å². The Labute approximate surface area is 218 Å². The number of aromatic nitrogens is 7. The van der Waals surface area contributed by atoms with E-state index < -0.39 is 29.6 Å². The normalized spacial score (nSPS) is 19.6. The van der Waals surface area contributed by atoms with Crippen molar-refractivity contribution in [3.8, 4) is 0 Å². The lowest BCUT2D eigenvalue weighted by Crippen LogP contribution is -2.58. The van der Waals surface area contributed by atoms with Crippen molar-refractivity contribution < 1.29 is 22.4 Å². The average Bonchev–Trinajstić information content (AvgIpc) is 3.62. The third kappa shape index (κ3) is 4.20. The molecular formula is C23H23F4N11O. The molecule has 1 aromatic carbocycles. The fraction of sp³-hybridized carbons (Fsp3) is 0.391. The molecule has 6 rings (SSSR count). The first-order chi connectivity index (χ1) is 18.5. The molecule has 2 aliphatic rings. The summed E-state index contributed by atoms with van der Waals surface area (Å²) in [6.07, 6.45) is -0.756. The predicted molar refractivity (Wildman–Crippen MR) is 129 cm³/mol. The zero-order valence-electron chi connectivity index (χ0n) is 20.4. The van der Waals surface area contributed by atoms with Gasteiger partial charge in [0.15, 0.2) is 11.5 Å². The first-order valence-electron chi connectivity index (χ1n) is 12.1. The lowest BCUT2D eigenvalue weighted by Gasteiger charge is -2.34. The van der Waals surface area contributed by atoms with Gasteiger partial charge in [-0.2, -0.15) is 13.2 Å². The summed E-state index contributed by atoms with van der Waals surface area (Å²) in [4.78, 5) is 28.7. The van der Waals surface area contributed by atoms with Gasteiger partial charge in [-0.1, -0.05) is 5.21 Å². The fourth-order valence-corrected chi connectivity index (χ4v) is 5.34. The molecule has 0 aliphatic carbocycles. The monoisotopic (exact) mass is 545 g/mol. The van der Waals surface area contributed by atoms with Gasteiger partial charge in [-0.15, -0.1) is 5.10 Å². The van der Waals surface area contributed by atoms with E-state index in [-0.39, 0.29) is 60.2 Å². The number of nitrogen functional groups attached to an aromatic ring is 1. The van der Waals surface area contributed by atoms with Crippen LogP contribution in [0.4, 0.5) is 29.1 Å². The zero-order chi connectivity index (χ0) is 27.5. The molecule has 1 fully saturated rings. The van der Waals surface area contributed by atoms with Gasteiger partial charge in [0, 0.05) is 30.9 Å². The maximum atomic E-state index is 14.7. The van der Waals surface area contributed by atoms with Crippen LogP contribution in [0.3, 0.4) is 0 Å². The number of amides is 1. The molecule has 4 aromatic rings. The third-order valence-corrected chi connectivity index (χ3v) is 7.27. The minimum Gasteiger partial charge on any atom is -0.382 e. The lowest BCUT2D eigenvalue weighted by molar-refractivity contribution is -0.140. The minimum atomic E-state index is -4.99. The molecule has 16 heteroatoms. The second kappa shape index (κ2) is 8.86. The number of hydrogen-bond donors (Lipinski definition) is 2. The molecule has 2 aliphatic heterocycles. The topological polar surface area (TPSA) is 150 Å². The van der Waals surface area contributed by atoms with Crippen molar-refractivity contribution in [2.45, 2.75) is 37.8 Å². The maximum absolute atomic E-state index is 14.7. The third-order valence-electron chi connectivity index (χ3n) is 7.27. The standard InChI is InChI=1S/C23H23F4N11O/c24-15-1-2-16(14(17(15)23(25,26)27)9-37-12-32-18-19(28)30-11-31-20(18)37)36-4-3-22(29,10-36)21(39)35-5-6-38-13(8-35)7-33-34-38/h1-2,7,11-12H,3-6,8-10,29H2,(H2,28,30,31)/t22-/m1/s1. The first-order valence-corrected chi connectivity index (χ1v) is 12.1. The molecule has 1 saturated heterocycles. The van der Waals surface area contributed by atoms with Crippen LogP contribution in [0.5, 0.6) is 0 Å². The van der Waals surface area contributed by atoms with Crippen LogP contribution in [-0.2, 0) is 30.6 Å². The van der Waals surface area contributed by atoms with Gasteiger partial charge in [-0.05, 0) is 18.6 Å². The number of halogens is 4. The number of benzene rings is 1. The molecule has 0 radical (unpaired) electrons. The SMILES string of the molecule is Nc1ncnc2c1ncn2Cc1c(N2CC[C@](N)(C(=O)N3CCn4nncc4C3)C2)ccc(F)c1C(F)(F)F. The number of carbonyl (C=O) groups excluding carboxylic acids is 1. The number of imidazole rings is 1. The molecular weight excluding hydrogens is 522 g/mol. The fourth-order valence-electron chi connectivity index (χ4n) is 5.34. The van der Waals surface area contributed by atoms with Crippen LogP contribution in [0.1, 0.15) is 23.2 Å². The van der Waals surface area contributed by atoms with E-state index in [9.17, 15) is 22.4 Å². The van der Waals surface area contributed by atoms with Crippen molar-refractivity contribution in [3.63, 3.8) is 0 Å². The summed E-state index contributed by atoms with van der Waals surface area (Å²) in [5.74, 6) is -1.66. The molecule has 1 amide bonds. The Morgan fingerprint density at radius 3 is 2.74 bits per heavy atom. The maximum Gasteiger partial charge on any atom is 0.419 e. The van der Waals surface area contributed by atoms with Crippen molar-refractivity contribution in [1.82, 2.24) is 39.4 Å². The van der Waals surface area contributed by atoms with Gasteiger partial charge in [-0.25, -0.2) is 24.0 Å². The smallest absolute Gasteiger partial charge is 0.382 e. The summed E-state index contributed by atoms with van der Waals surface area (Å²) < 4.78 is 60.3. The Morgan fingerprint density at radius 2 is 1.95 bits per heavy atom. The Balaban J connectivity index is 1.34. The minimum absolute atomic E-state index is 0.0461. The number of anilines is 2. The second-order valence-corrected chi connectivity index (χ2v) is 9.72. The van der Waals surface area contributed by atoms with E-state index in [0.717, 1.165) is 11.8 Å². The summed E-state index contributed by atoms with van der Waals surface area (Å²) in [5.41, 5.74) is 10.6. The largest absolute Gasteiger partial charge is 0.419 e. The molecule has 0 saturated carbocycles. The van der Waals surface area contributed by atoms with E-state index in [0.29, 0.717) is 13.1 Å². The Hall–Kier alpha value is -4.34. The summed E-state index contributed by atoms with van der Waals surface area (Å²) >= 11 is 0. The van der Waals surface area contributed by atoms with Gasteiger partial charge in [0.2, 0.25) is 5.91 Å². The van der Waals surface area contributed by atoms with E-state index in [2.05, 4.69) is 25.3 Å². The number of alkyl halides is 3. The molecule has 4 N–H and O–H groups in total. The molecule has 3 aromatic heterocycles. The van der Waals surface area contributed by atoms with E-state index in [1.165, 1.54) is 23.3 Å². The van der Waals surface area contributed by atoms with Crippen LogP contribution in [0.25, 0.3) is 11.2 Å². The highest BCUT2D eigenvalue weighted by Gasteiger charge is 2.46.